The fraction of sp³-hybridized carbons (Fsp3) is 0. The summed E-state index contributed by atoms with van der Waals surface area (Å²) in [7, 11) is 0. The maximum absolute atomic E-state index is 9.48. The van der Waals surface area contributed by atoms with Crippen LogP contribution in [0.15, 0.2) is 170 Å². The van der Waals surface area contributed by atoms with Crippen LogP contribution in [0.5, 0.6) is 0 Å². The lowest BCUT2D eigenvalue weighted by atomic mass is 9.83. The van der Waals surface area contributed by atoms with Crippen molar-refractivity contribution in [3.8, 4) is 39.3 Å². The summed E-state index contributed by atoms with van der Waals surface area (Å²) in [5, 5.41) is 1.61. The van der Waals surface area contributed by atoms with Crippen molar-refractivity contribution >= 4 is 43.4 Å². The maximum atomic E-state index is 9.48. The van der Waals surface area contributed by atoms with Gasteiger partial charge in [0.2, 0.25) is 0 Å². The van der Waals surface area contributed by atoms with Crippen molar-refractivity contribution < 1.29 is 17.8 Å². The molecule has 0 fully saturated rings. The first-order chi connectivity index (χ1) is 27.8. The standard InChI is InChI=1S/C43H28N2/c1-2-17-30(18-3-1)45-40-28-13-12-27-39(40)44-43(45)38-25-11-10-24-37(38)42-35-22-8-6-20-33(35)41(34-21-7-9-23-36(34)42)32-26-14-16-29-15-4-5-19-31(29)32/h1-28H/i1D,2D,3D,6D,7D,8D,9D,17D,18D,20D,21D,22D,23D. The van der Waals surface area contributed by atoms with Crippen molar-refractivity contribution in [3.05, 3.63) is 170 Å². The molecule has 0 saturated heterocycles. The predicted octanol–water partition coefficient (Wildman–Crippen LogP) is 11.5. The molecule has 0 aliphatic rings. The Bertz CT molecular complexity index is 3170. The monoisotopic (exact) mass is 585 g/mol. The molecule has 1 aromatic heterocycles. The molecule has 9 aromatic rings. The number of aromatic nitrogens is 2. The highest BCUT2D eigenvalue weighted by Gasteiger charge is 2.22. The highest BCUT2D eigenvalue weighted by atomic mass is 15.1. The fourth-order valence-corrected chi connectivity index (χ4v) is 6.29. The summed E-state index contributed by atoms with van der Waals surface area (Å²) in [6, 6.07) is 20.0. The number of rotatable bonds is 4. The second-order valence-electron chi connectivity index (χ2n) is 10.6. The first-order valence-electron chi connectivity index (χ1n) is 20.8. The van der Waals surface area contributed by atoms with Gasteiger partial charge in [0.15, 0.2) is 0 Å². The third kappa shape index (κ3) is 4.00. The lowest BCUT2D eigenvalue weighted by Crippen LogP contribution is -1.99. The molecule has 0 radical (unpaired) electrons. The van der Waals surface area contributed by atoms with Crippen molar-refractivity contribution in [2.75, 3.05) is 0 Å². The molecule has 2 nitrogen and oxygen atoms in total. The molecule has 0 amide bonds. The van der Waals surface area contributed by atoms with Crippen LogP contribution >= 0.6 is 0 Å². The molecule has 8 aromatic carbocycles. The zero-order valence-electron chi connectivity index (χ0n) is 36.6. The highest BCUT2D eigenvalue weighted by molar-refractivity contribution is 6.24. The number of hydrogen-bond acceptors (Lipinski definition) is 1. The van der Waals surface area contributed by atoms with Gasteiger partial charge in [0.25, 0.3) is 0 Å². The van der Waals surface area contributed by atoms with Gasteiger partial charge < -0.3 is 0 Å². The Hall–Kier alpha value is -5.99. The van der Waals surface area contributed by atoms with Crippen LogP contribution in [0.4, 0.5) is 0 Å². The summed E-state index contributed by atoms with van der Waals surface area (Å²) in [5.41, 5.74) is 2.03. The number of imidazole rings is 1. The summed E-state index contributed by atoms with van der Waals surface area (Å²) in [6.45, 7) is 0. The third-order valence-corrected chi connectivity index (χ3v) is 8.14. The second kappa shape index (κ2) is 10.3. The fourth-order valence-electron chi connectivity index (χ4n) is 6.29. The first kappa shape index (κ1) is 15.7. The minimum atomic E-state index is -0.572. The van der Waals surface area contributed by atoms with Gasteiger partial charge in [0, 0.05) is 11.3 Å². The minimum absolute atomic E-state index is 0.00406. The van der Waals surface area contributed by atoms with Gasteiger partial charge in [-0.15, -0.1) is 0 Å². The average molecular weight is 586 g/mol. The zero-order chi connectivity index (χ0) is 41.1. The van der Waals surface area contributed by atoms with E-state index in [1.807, 2.05) is 30.3 Å². The number of nitrogens with zero attached hydrogens (tertiary/aromatic N) is 2. The molecule has 0 bridgehead atoms. The summed E-state index contributed by atoms with van der Waals surface area (Å²) >= 11 is 0. The molecule has 45 heavy (non-hydrogen) atoms. The van der Waals surface area contributed by atoms with E-state index < -0.39 is 78.6 Å². The van der Waals surface area contributed by atoms with Crippen LogP contribution in [0.1, 0.15) is 17.8 Å². The smallest absolute Gasteiger partial charge is 0.146 e. The summed E-state index contributed by atoms with van der Waals surface area (Å²) in [5.74, 6) is 0.122. The Balaban J connectivity index is 1.54. The van der Waals surface area contributed by atoms with Crippen molar-refractivity contribution in [2.24, 2.45) is 0 Å². The van der Waals surface area contributed by atoms with Gasteiger partial charge in [-0.1, -0.05) is 145 Å². The number of para-hydroxylation sites is 3. The van der Waals surface area contributed by atoms with Gasteiger partial charge in [0.05, 0.1) is 28.9 Å². The van der Waals surface area contributed by atoms with E-state index in [9.17, 15) is 5.48 Å². The Morgan fingerprint density at radius 1 is 0.444 bits per heavy atom. The molecule has 0 unspecified atom stereocenters. The summed E-state index contributed by atoms with van der Waals surface area (Å²) < 4.78 is 118. The first-order valence-corrected chi connectivity index (χ1v) is 14.3. The lowest BCUT2D eigenvalue weighted by molar-refractivity contribution is 1.10. The molecule has 0 spiro atoms. The Kier molecular flexibility index (Phi) is 3.59. The number of benzene rings is 8. The maximum Gasteiger partial charge on any atom is 0.146 e. The normalized spacial score (nSPS) is 15.6. The molecule has 1 heterocycles. The molecule has 9 rings (SSSR count). The van der Waals surface area contributed by atoms with Gasteiger partial charge in [-0.25, -0.2) is 4.98 Å². The van der Waals surface area contributed by atoms with Crippen molar-refractivity contribution in [1.82, 2.24) is 9.55 Å². The van der Waals surface area contributed by atoms with E-state index in [2.05, 4.69) is 0 Å². The minimum Gasteiger partial charge on any atom is -0.292 e. The van der Waals surface area contributed by atoms with Crippen molar-refractivity contribution in [3.63, 3.8) is 0 Å². The molecule has 0 atom stereocenters. The molecular formula is C43H28N2. The van der Waals surface area contributed by atoms with E-state index in [1.165, 1.54) is 4.57 Å². The zero-order valence-corrected chi connectivity index (χ0v) is 23.6. The number of fused-ring (bicyclic) bond motifs is 4. The average Bonchev–Trinajstić information content (AvgIpc) is 3.62. The van der Waals surface area contributed by atoms with E-state index in [0.717, 1.165) is 5.39 Å². The Morgan fingerprint density at radius 2 is 0.978 bits per heavy atom. The predicted molar refractivity (Wildman–Crippen MR) is 190 cm³/mol. The summed E-state index contributed by atoms with van der Waals surface area (Å²) in [6.07, 6.45) is 0. The molecule has 0 aliphatic heterocycles. The van der Waals surface area contributed by atoms with Gasteiger partial charge in [0.1, 0.15) is 5.82 Å². The number of hydrogen-bond donors (Lipinski definition) is 0. The summed E-state index contributed by atoms with van der Waals surface area (Å²) in [4.78, 5) is 4.94. The van der Waals surface area contributed by atoms with E-state index in [0.29, 0.717) is 27.5 Å². The van der Waals surface area contributed by atoms with E-state index >= 15 is 0 Å². The molecular weight excluding hydrogens is 544 g/mol. The van der Waals surface area contributed by atoms with Crippen molar-refractivity contribution in [2.45, 2.75) is 0 Å². The molecule has 2 heteroatoms. The SMILES string of the molecule is [2H]c1c([2H])c([2H])c(-n2c(-c3ccccc3-c3c4c([2H])c([2H])c([2H])c([2H])c4c(-c4cccc5ccccc45)c4c([2H])c([2H])c([2H])c([2H])c34)nc3ccccc32)c([2H])c1[2H]. The van der Waals surface area contributed by atoms with Gasteiger partial charge in [-0.2, -0.15) is 0 Å². The van der Waals surface area contributed by atoms with Gasteiger partial charge in [-0.05, 0) is 78.8 Å². The van der Waals surface area contributed by atoms with Crippen molar-refractivity contribution in [1.29, 1.82) is 0 Å². The van der Waals surface area contributed by atoms with E-state index in [4.69, 9.17) is 17.3 Å². The van der Waals surface area contributed by atoms with Gasteiger partial charge >= 0.3 is 0 Å². The van der Waals surface area contributed by atoms with Crippen LogP contribution in [-0.4, -0.2) is 9.55 Å². The Labute approximate surface area is 279 Å². The van der Waals surface area contributed by atoms with E-state index in [1.54, 1.807) is 60.7 Å². The molecule has 0 aliphatic carbocycles. The largest absolute Gasteiger partial charge is 0.292 e. The third-order valence-electron chi connectivity index (χ3n) is 8.14. The van der Waals surface area contributed by atoms with Crippen LogP contribution in [0.2, 0.25) is 0 Å². The topological polar surface area (TPSA) is 17.8 Å². The van der Waals surface area contributed by atoms with Crippen LogP contribution in [-0.2, 0) is 0 Å². The van der Waals surface area contributed by atoms with E-state index in [-0.39, 0.29) is 49.7 Å². The Morgan fingerprint density at radius 3 is 1.71 bits per heavy atom. The second-order valence-corrected chi connectivity index (χ2v) is 10.6. The highest BCUT2D eigenvalue weighted by Crippen LogP contribution is 2.47. The van der Waals surface area contributed by atoms with Crippen LogP contribution in [0.3, 0.4) is 0 Å². The van der Waals surface area contributed by atoms with Crippen LogP contribution in [0.25, 0.3) is 82.7 Å². The van der Waals surface area contributed by atoms with Crippen LogP contribution < -0.4 is 0 Å². The lowest BCUT2D eigenvalue weighted by Gasteiger charge is -2.20. The molecule has 0 saturated carbocycles. The molecule has 0 N–H and O–H groups in total. The molecule has 210 valence electrons. The van der Waals surface area contributed by atoms with Gasteiger partial charge in [-0.3, -0.25) is 4.57 Å². The van der Waals surface area contributed by atoms with Crippen LogP contribution in [0, 0.1) is 0 Å². The quantitative estimate of drug-likeness (QED) is 0.188.